The normalized spacial score (nSPS) is 10.8. The number of halogens is 1. The molecule has 1 N–H and O–H groups in total. The maximum absolute atomic E-state index is 12.4. The highest BCUT2D eigenvalue weighted by atomic mass is 35.5. The first-order chi connectivity index (χ1) is 18.9. The predicted octanol–water partition coefficient (Wildman–Crippen LogP) is 5.57. The van der Waals surface area contributed by atoms with Crippen LogP contribution in [0.2, 0.25) is 5.02 Å². The second-order valence-electron chi connectivity index (χ2n) is 8.23. The standard InChI is InChI=1S/C30H24ClNO7/c1-3-14-32-29(34)24-16-21-8-11-23(17-26(21)39-30(24)35)38-28(33)13-7-19-6-12-25(27(15-19)36-2)37-18-20-4-9-22(31)10-5-20/h3-13,15-17H,1,14,18H2,2H3,(H,32,34)/b13-7+. The molecule has 39 heavy (non-hydrogen) atoms. The number of carbonyl (C=O) groups excluding carboxylic acids is 2. The van der Waals surface area contributed by atoms with Gasteiger partial charge in [-0.1, -0.05) is 35.9 Å². The minimum absolute atomic E-state index is 0.131. The summed E-state index contributed by atoms with van der Waals surface area (Å²) in [4.78, 5) is 36.8. The third kappa shape index (κ3) is 7.15. The Morgan fingerprint density at radius 2 is 1.82 bits per heavy atom. The van der Waals surface area contributed by atoms with Gasteiger partial charge in [-0.15, -0.1) is 6.58 Å². The molecule has 0 saturated carbocycles. The average Bonchev–Trinajstić information content (AvgIpc) is 2.94. The zero-order valence-electron chi connectivity index (χ0n) is 20.9. The number of nitrogens with one attached hydrogen (secondary N) is 1. The number of hydrogen-bond acceptors (Lipinski definition) is 7. The fourth-order valence-electron chi connectivity index (χ4n) is 3.54. The molecule has 0 aliphatic carbocycles. The van der Waals surface area contributed by atoms with Crippen LogP contribution in [0.25, 0.3) is 17.0 Å². The van der Waals surface area contributed by atoms with Crippen LogP contribution >= 0.6 is 11.6 Å². The van der Waals surface area contributed by atoms with E-state index in [0.29, 0.717) is 34.1 Å². The van der Waals surface area contributed by atoms with Crippen LogP contribution in [-0.4, -0.2) is 25.5 Å². The monoisotopic (exact) mass is 545 g/mol. The van der Waals surface area contributed by atoms with Crippen LogP contribution in [0.5, 0.6) is 17.2 Å². The van der Waals surface area contributed by atoms with Crippen LogP contribution in [-0.2, 0) is 11.4 Å². The van der Waals surface area contributed by atoms with E-state index >= 15 is 0 Å². The summed E-state index contributed by atoms with van der Waals surface area (Å²) >= 11 is 5.92. The first-order valence-corrected chi connectivity index (χ1v) is 12.2. The number of amides is 1. The van der Waals surface area contributed by atoms with Gasteiger partial charge in [0.2, 0.25) is 0 Å². The number of esters is 1. The van der Waals surface area contributed by atoms with E-state index < -0.39 is 17.5 Å². The lowest BCUT2D eigenvalue weighted by Crippen LogP contribution is -2.28. The van der Waals surface area contributed by atoms with E-state index in [0.717, 1.165) is 5.56 Å². The van der Waals surface area contributed by atoms with E-state index in [2.05, 4.69) is 11.9 Å². The number of carbonyl (C=O) groups is 2. The molecule has 9 heteroatoms. The Labute approximate surface area is 229 Å². The van der Waals surface area contributed by atoms with Gasteiger partial charge in [-0.25, -0.2) is 9.59 Å². The zero-order valence-corrected chi connectivity index (χ0v) is 21.7. The first-order valence-electron chi connectivity index (χ1n) is 11.8. The fraction of sp³-hybridized carbons (Fsp3) is 0.100. The molecule has 1 aromatic heterocycles. The van der Waals surface area contributed by atoms with Crippen LogP contribution in [0.15, 0.2) is 94.7 Å². The molecular formula is C30H24ClNO7. The third-order valence-corrected chi connectivity index (χ3v) is 5.74. The summed E-state index contributed by atoms with van der Waals surface area (Å²) < 4.78 is 21.9. The van der Waals surface area contributed by atoms with Crippen LogP contribution in [0, 0.1) is 0 Å². The van der Waals surface area contributed by atoms with Gasteiger partial charge in [0.1, 0.15) is 23.5 Å². The highest BCUT2D eigenvalue weighted by molar-refractivity contribution is 6.30. The summed E-state index contributed by atoms with van der Waals surface area (Å²) in [5.41, 5.74) is 0.884. The summed E-state index contributed by atoms with van der Waals surface area (Å²) in [6, 6.07) is 18.5. The van der Waals surface area contributed by atoms with Gasteiger partial charge in [0.25, 0.3) is 5.91 Å². The quantitative estimate of drug-likeness (QED) is 0.0913. The lowest BCUT2D eigenvalue weighted by Gasteiger charge is -2.11. The Kier molecular flexibility index (Phi) is 8.81. The molecule has 0 aliphatic rings. The molecule has 0 radical (unpaired) electrons. The minimum atomic E-state index is -0.804. The maximum atomic E-state index is 12.4. The summed E-state index contributed by atoms with van der Waals surface area (Å²) in [5.74, 6) is 0.0172. The summed E-state index contributed by atoms with van der Waals surface area (Å²) in [6.07, 6.45) is 4.33. The van der Waals surface area contributed by atoms with Crippen LogP contribution in [0.1, 0.15) is 21.5 Å². The minimum Gasteiger partial charge on any atom is -0.493 e. The van der Waals surface area contributed by atoms with Gasteiger partial charge >= 0.3 is 11.6 Å². The fourth-order valence-corrected chi connectivity index (χ4v) is 3.66. The van der Waals surface area contributed by atoms with Gasteiger partial charge in [0.15, 0.2) is 11.5 Å². The predicted molar refractivity (Wildman–Crippen MR) is 148 cm³/mol. The summed E-state index contributed by atoms with van der Waals surface area (Å²) in [5, 5.41) is 3.68. The SMILES string of the molecule is C=CCNC(=O)c1cc2ccc(OC(=O)/C=C/c3ccc(OCc4ccc(Cl)cc4)c(OC)c3)cc2oc1=O. The molecule has 0 bridgehead atoms. The first kappa shape index (κ1) is 27.2. The second-order valence-corrected chi connectivity index (χ2v) is 8.66. The molecule has 0 saturated heterocycles. The Morgan fingerprint density at radius 1 is 1.03 bits per heavy atom. The molecular weight excluding hydrogens is 522 g/mol. The number of benzene rings is 3. The molecule has 0 aliphatic heterocycles. The maximum Gasteiger partial charge on any atom is 0.349 e. The molecule has 0 unspecified atom stereocenters. The molecule has 4 aromatic rings. The molecule has 0 fully saturated rings. The van der Waals surface area contributed by atoms with Crippen LogP contribution < -0.4 is 25.2 Å². The number of hydrogen-bond donors (Lipinski definition) is 1. The average molecular weight is 546 g/mol. The van der Waals surface area contributed by atoms with Crippen molar-refractivity contribution in [2.45, 2.75) is 6.61 Å². The summed E-state index contributed by atoms with van der Waals surface area (Å²) in [7, 11) is 1.53. The number of ether oxygens (including phenoxy) is 3. The zero-order chi connectivity index (χ0) is 27.8. The highest BCUT2D eigenvalue weighted by Gasteiger charge is 2.14. The highest BCUT2D eigenvalue weighted by Crippen LogP contribution is 2.29. The van der Waals surface area contributed by atoms with Gasteiger partial charge in [-0.3, -0.25) is 4.79 Å². The Hall–Kier alpha value is -4.82. The molecule has 3 aromatic carbocycles. The van der Waals surface area contributed by atoms with Crippen molar-refractivity contribution in [3.05, 3.63) is 118 Å². The number of methoxy groups -OCH3 is 1. The molecule has 1 amide bonds. The molecule has 198 valence electrons. The van der Waals surface area contributed by atoms with Gasteiger partial charge in [0.05, 0.1) is 7.11 Å². The molecule has 4 rings (SSSR count). The van der Waals surface area contributed by atoms with E-state index in [1.165, 1.54) is 37.5 Å². The van der Waals surface area contributed by atoms with E-state index in [4.69, 9.17) is 30.2 Å². The summed E-state index contributed by atoms with van der Waals surface area (Å²) in [6.45, 7) is 4.07. The largest absolute Gasteiger partial charge is 0.493 e. The van der Waals surface area contributed by atoms with Crippen molar-refractivity contribution in [1.29, 1.82) is 0 Å². The van der Waals surface area contributed by atoms with Crippen molar-refractivity contribution in [3.8, 4) is 17.2 Å². The topological polar surface area (TPSA) is 104 Å². The van der Waals surface area contributed by atoms with Gasteiger partial charge < -0.3 is 23.9 Å². The molecule has 1 heterocycles. The number of rotatable bonds is 10. The van der Waals surface area contributed by atoms with E-state index in [1.54, 1.807) is 42.5 Å². The van der Waals surface area contributed by atoms with E-state index in [-0.39, 0.29) is 23.4 Å². The molecule has 8 nitrogen and oxygen atoms in total. The van der Waals surface area contributed by atoms with Gasteiger partial charge in [0, 0.05) is 29.1 Å². The van der Waals surface area contributed by atoms with E-state index in [1.807, 2.05) is 12.1 Å². The van der Waals surface area contributed by atoms with Crippen molar-refractivity contribution >= 4 is 40.5 Å². The molecule has 0 atom stereocenters. The second kappa shape index (κ2) is 12.6. The smallest absolute Gasteiger partial charge is 0.349 e. The molecule has 0 spiro atoms. The van der Waals surface area contributed by atoms with Crippen molar-refractivity contribution in [1.82, 2.24) is 5.32 Å². The Balaban J connectivity index is 1.41. The van der Waals surface area contributed by atoms with Crippen molar-refractivity contribution in [2.75, 3.05) is 13.7 Å². The Morgan fingerprint density at radius 3 is 2.56 bits per heavy atom. The van der Waals surface area contributed by atoms with E-state index in [9.17, 15) is 14.4 Å². The van der Waals surface area contributed by atoms with Crippen LogP contribution in [0.3, 0.4) is 0 Å². The lowest BCUT2D eigenvalue weighted by molar-refractivity contribution is -0.128. The van der Waals surface area contributed by atoms with Crippen molar-refractivity contribution < 1.29 is 28.2 Å². The third-order valence-electron chi connectivity index (χ3n) is 5.48. The number of fused-ring (bicyclic) bond motifs is 1. The van der Waals surface area contributed by atoms with Crippen molar-refractivity contribution in [3.63, 3.8) is 0 Å². The van der Waals surface area contributed by atoms with Crippen LogP contribution in [0.4, 0.5) is 0 Å². The lowest BCUT2D eigenvalue weighted by atomic mass is 10.1. The van der Waals surface area contributed by atoms with Gasteiger partial charge in [-0.05, 0) is 59.7 Å². The Bertz CT molecular complexity index is 1610. The van der Waals surface area contributed by atoms with Crippen molar-refractivity contribution in [2.24, 2.45) is 0 Å². The van der Waals surface area contributed by atoms with Gasteiger partial charge in [-0.2, -0.15) is 0 Å².